The molecular formula is C13H18BrN. The summed E-state index contributed by atoms with van der Waals surface area (Å²) in [6.45, 7) is 0. The summed E-state index contributed by atoms with van der Waals surface area (Å²) >= 11 is 3.49. The number of halogens is 1. The van der Waals surface area contributed by atoms with E-state index in [1.54, 1.807) is 0 Å². The molecule has 0 radical (unpaired) electrons. The topological polar surface area (TPSA) is 23.8 Å². The summed E-state index contributed by atoms with van der Waals surface area (Å²) in [5, 5.41) is 8.89. The van der Waals surface area contributed by atoms with Crippen LogP contribution < -0.4 is 0 Å². The number of nitrogens with zero attached hydrogens (tertiary/aromatic N) is 1. The molecule has 0 N–H and O–H groups in total. The zero-order valence-electron chi connectivity index (χ0n) is 9.03. The molecule has 4 saturated carbocycles. The molecular weight excluding hydrogens is 250 g/mol. The van der Waals surface area contributed by atoms with Crippen molar-refractivity contribution >= 4 is 15.9 Å². The van der Waals surface area contributed by atoms with Gasteiger partial charge in [0, 0.05) is 0 Å². The summed E-state index contributed by atoms with van der Waals surface area (Å²) in [5.74, 6) is 4.91. The lowest BCUT2D eigenvalue weighted by Crippen LogP contribution is -2.45. The monoisotopic (exact) mass is 267 g/mol. The summed E-state index contributed by atoms with van der Waals surface area (Å²) < 4.78 is 0. The third-order valence-electron chi connectivity index (χ3n) is 5.04. The molecule has 1 nitrogen and oxygen atoms in total. The van der Waals surface area contributed by atoms with Crippen molar-refractivity contribution in [1.29, 1.82) is 5.26 Å². The average molecular weight is 268 g/mol. The van der Waals surface area contributed by atoms with Gasteiger partial charge >= 0.3 is 0 Å². The van der Waals surface area contributed by atoms with E-state index in [1.807, 2.05) is 0 Å². The Kier molecular flexibility index (Phi) is 2.55. The number of alkyl halides is 1. The second-order valence-corrected chi connectivity index (χ2v) is 7.03. The molecule has 4 bridgehead atoms. The van der Waals surface area contributed by atoms with Gasteiger partial charge in [-0.2, -0.15) is 5.26 Å². The Bertz CT molecular complexity index is 265. The average Bonchev–Trinajstić information content (AvgIpc) is 2.22. The predicted molar refractivity (Wildman–Crippen MR) is 63.5 cm³/mol. The van der Waals surface area contributed by atoms with Crippen molar-refractivity contribution in [3.8, 4) is 6.07 Å². The number of hydrogen-bond donors (Lipinski definition) is 0. The molecule has 0 spiro atoms. The third-order valence-corrected chi connectivity index (χ3v) is 5.62. The lowest BCUT2D eigenvalue weighted by Gasteiger charge is -2.54. The van der Waals surface area contributed by atoms with Crippen LogP contribution in [0.4, 0.5) is 0 Å². The quantitative estimate of drug-likeness (QED) is 0.700. The first-order valence-corrected chi connectivity index (χ1v) is 7.21. The molecule has 0 aromatic rings. The molecule has 0 saturated heterocycles. The molecule has 82 valence electrons. The summed E-state index contributed by atoms with van der Waals surface area (Å²) in [6.07, 6.45) is 8.53. The maximum absolute atomic E-state index is 8.89. The van der Waals surface area contributed by atoms with E-state index < -0.39 is 0 Å². The van der Waals surface area contributed by atoms with Crippen LogP contribution in [0.15, 0.2) is 0 Å². The standard InChI is InChI=1S/C13H18BrN/c14-12(7-15)6-13-10-2-8-1-9(4-10)5-11(13)3-8/h8-13H,1-6H2. The Hall–Kier alpha value is -0.0300. The zero-order valence-corrected chi connectivity index (χ0v) is 10.6. The van der Waals surface area contributed by atoms with Gasteiger partial charge in [0.25, 0.3) is 0 Å². The molecule has 1 unspecified atom stereocenters. The van der Waals surface area contributed by atoms with Gasteiger partial charge in [-0.25, -0.2) is 0 Å². The van der Waals surface area contributed by atoms with Gasteiger partial charge in [0.15, 0.2) is 0 Å². The van der Waals surface area contributed by atoms with Crippen LogP contribution in [0.3, 0.4) is 0 Å². The molecule has 0 heterocycles. The first-order chi connectivity index (χ1) is 7.26. The summed E-state index contributed by atoms with van der Waals surface area (Å²) in [4.78, 5) is 0.0972. The number of rotatable bonds is 2. The molecule has 4 aliphatic rings. The van der Waals surface area contributed by atoms with Crippen LogP contribution in [-0.4, -0.2) is 4.83 Å². The van der Waals surface area contributed by atoms with Crippen molar-refractivity contribution in [3.05, 3.63) is 0 Å². The van der Waals surface area contributed by atoms with Gasteiger partial charge in [-0.3, -0.25) is 0 Å². The van der Waals surface area contributed by atoms with Crippen molar-refractivity contribution in [3.63, 3.8) is 0 Å². The molecule has 4 fully saturated rings. The fourth-order valence-electron chi connectivity index (χ4n) is 4.71. The van der Waals surface area contributed by atoms with Gasteiger partial charge in [-0.1, -0.05) is 15.9 Å². The van der Waals surface area contributed by atoms with Crippen molar-refractivity contribution in [1.82, 2.24) is 0 Å². The highest BCUT2D eigenvalue weighted by Gasteiger charge is 2.48. The Morgan fingerprint density at radius 2 is 1.60 bits per heavy atom. The van der Waals surface area contributed by atoms with E-state index in [9.17, 15) is 0 Å². The molecule has 0 aromatic carbocycles. The van der Waals surface area contributed by atoms with Crippen LogP contribution in [0, 0.1) is 40.9 Å². The van der Waals surface area contributed by atoms with Crippen LogP contribution in [-0.2, 0) is 0 Å². The number of nitriles is 1. The Balaban J connectivity index is 1.72. The molecule has 4 rings (SSSR count). The summed E-state index contributed by atoms with van der Waals surface area (Å²) in [5.41, 5.74) is 0. The van der Waals surface area contributed by atoms with Gasteiger partial charge in [0.05, 0.1) is 6.07 Å². The first kappa shape index (κ1) is 10.1. The molecule has 4 aliphatic carbocycles. The second-order valence-electron chi connectivity index (χ2n) is 5.93. The Labute approximate surface area is 100 Å². The van der Waals surface area contributed by atoms with E-state index in [2.05, 4.69) is 22.0 Å². The Morgan fingerprint density at radius 1 is 1.07 bits per heavy atom. The minimum atomic E-state index is 0.0972. The molecule has 15 heavy (non-hydrogen) atoms. The highest BCUT2D eigenvalue weighted by molar-refractivity contribution is 9.09. The van der Waals surface area contributed by atoms with E-state index in [0.717, 1.165) is 36.0 Å². The second kappa shape index (κ2) is 3.77. The summed E-state index contributed by atoms with van der Waals surface area (Å²) in [6, 6.07) is 2.34. The maximum Gasteiger partial charge on any atom is 0.102 e. The minimum absolute atomic E-state index is 0.0972. The molecule has 1 atom stereocenters. The van der Waals surface area contributed by atoms with E-state index >= 15 is 0 Å². The largest absolute Gasteiger partial charge is 0.197 e. The van der Waals surface area contributed by atoms with Crippen molar-refractivity contribution in [2.24, 2.45) is 29.6 Å². The fraction of sp³-hybridized carbons (Fsp3) is 0.923. The van der Waals surface area contributed by atoms with Gasteiger partial charge in [0.1, 0.15) is 4.83 Å². The van der Waals surface area contributed by atoms with Gasteiger partial charge < -0.3 is 0 Å². The minimum Gasteiger partial charge on any atom is -0.197 e. The van der Waals surface area contributed by atoms with E-state index in [0.29, 0.717) is 0 Å². The normalized spacial score (nSPS) is 48.9. The summed E-state index contributed by atoms with van der Waals surface area (Å²) in [7, 11) is 0. The van der Waals surface area contributed by atoms with Gasteiger partial charge in [-0.05, 0) is 68.1 Å². The van der Waals surface area contributed by atoms with E-state index in [4.69, 9.17) is 5.26 Å². The van der Waals surface area contributed by atoms with Crippen molar-refractivity contribution in [2.75, 3.05) is 0 Å². The molecule has 0 aromatic heterocycles. The lowest BCUT2D eigenvalue weighted by atomic mass is 9.51. The van der Waals surface area contributed by atoms with Crippen LogP contribution in [0.25, 0.3) is 0 Å². The van der Waals surface area contributed by atoms with Crippen LogP contribution in [0.1, 0.15) is 38.5 Å². The SMILES string of the molecule is N#CC(Br)CC1C2CC3CC(C2)CC1C3. The van der Waals surface area contributed by atoms with E-state index in [-0.39, 0.29) is 4.83 Å². The van der Waals surface area contributed by atoms with Crippen LogP contribution in [0.2, 0.25) is 0 Å². The van der Waals surface area contributed by atoms with Crippen LogP contribution >= 0.6 is 15.9 Å². The smallest absolute Gasteiger partial charge is 0.102 e. The highest BCUT2D eigenvalue weighted by Crippen LogP contribution is 2.57. The van der Waals surface area contributed by atoms with Crippen LogP contribution in [0.5, 0.6) is 0 Å². The predicted octanol–water partition coefficient (Wildman–Crippen LogP) is 3.74. The Morgan fingerprint density at radius 3 is 2.07 bits per heavy atom. The third kappa shape index (κ3) is 1.73. The lowest BCUT2D eigenvalue weighted by molar-refractivity contribution is -0.0383. The number of hydrogen-bond acceptors (Lipinski definition) is 1. The van der Waals surface area contributed by atoms with E-state index in [1.165, 1.54) is 32.1 Å². The zero-order chi connectivity index (χ0) is 10.4. The molecule has 0 amide bonds. The molecule has 0 aliphatic heterocycles. The molecule has 2 heteroatoms. The fourth-order valence-corrected chi connectivity index (χ4v) is 5.15. The van der Waals surface area contributed by atoms with Gasteiger partial charge in [0.2, 0.25) is 0 Å². The maximum atomic E-state index is 8.89. The van der Waals surface area contributed by atoms with Gasteiger partial charge in [-0.15, -0.1) is 0 Å². The van der Waals surface area contributed by atoms with Crippen molar-refractivity contribution < 1.29 is 0 Å². The first-order valence-electron chi connectivity index (χ1n) is 6.30. The highest BCUT2D eigenvalue weighted by atomic mass is 79.9. The van der Waals surface area contributed by atoms with Crippen molar-refractivity contribution in [2.45, 2.75) is 43.4 Å².